The lowest BCUT2D eigenvalue weighted by atomic mass is 10.1. The van der Waals surface area contributed by atoms with E-state index >= 15 is 0 Å². The first kappa shape index (κ1) is 12.2. The van der Waals surface area contributed by atoms with Crippen LogP contribution >= 0.6 is 0 Å². The quantitative estimate of drug-likeness (QED) is 0.763. The SMILES string of the molecule is CNc1c(C(N)=O)cnn2cc(-c3ccccc3)cc12. The van der Waals surface area contributed by atoms with Crippen LogP contribution in [0.3, 0.4) is 0 Å². The zero-order valence-corrected chi connectivity index (χ0v) is 11.0. The van der Waals surface area contributed by atoms with Crippen LogP contribution in [0, 0.1) is 0 Å². The van der Waals surface area contributed by atoms with Gasteiger partial charge in [-0.2, -0.15) is 5.10 Å². The third kappa shape index (κ3) is 1.89. The van der Waals surface area contributed by atoms with Crippen LogP contribution in [0.2, 0.25) is 0 Å². The van der Waals surface area contributed by atoms with Crippen molar-refractivity contribution in [2.24, 2.45) is 5.73 Å². The normalized spacial score (nSPS) is 10.7. The highest BCUT2D eigenvalue weighted by Crippen LogP contribution is 2.27. The Labute approximate surface area is 116 Å². The van der Waals surface area contributed by atoms with Gasteiger partial charge >= 0.3 is 0 Å². The summed E-state index contributed by atoms with van der Waals surface area (Å²) in [5.74, 6) is -0.494. The number of hydrogen-bond acceptors (Lipinski definition) is 3. The summed E-state index contributed by atoms with van der Waals surface area (Å²) in [6.07, 6.45) is 3.41. The fraction of sp³-hybridized carbons (Fsp3) is 0.0667. The Morgan fingerprint density at radius 2 is 2.00 bits per heavy atom. The molecule has 5 nitrogen and oxygen atoms in total. The molecule has 2 aromatic heterocycles. The number of nitrogens with zero attached hydrogens (tertiary/aromatic N) is 2. The molecule has 5 heteroatoms. The van der Waals surface area contributed by atoms with E-state index in [1.807, 2.05) is 42.6 Å². The van der Waals surface area contributed by atoms with E-state index in [-0.39, 0.29) is 0 Å². The molecule has 0 spiro atoms. The maximum Gasteiger partial charge on any atom is 0.252 e. The van der Waals surface area contributed by atoms with Crippen LogP contribution in [0.5, 0.6) is 0 Å². The minimum atomic E-state index is -0.494. The summed E-state index contributed by atoms with van der Waals surface area (Å²) in [4.78, 5) is 11.4. The molecule has 20 heavy (non-hydrogen) atoms. The summed E-state index contributed by atoms with van der Waals surface area (Å²) in [5.41, 5.74) is 9.41. The molecule has 0 aliphatic carbocycles. The number of carbonyl (C=O) groups is 1. The third-order valence-electron chi connectivity index (χ3n) is 3.26. The van der Waals surface area contributed by atoms with Crippen LogP contribution in [0.4, 0.5) is 5.69 Å². The number of carbonyl (C=O) groups excluding carboxylic acids is 1. The Bertz CT molecular complexity index is 777. The molecule has 2 heterocycles. The molecule has 0 radical (unpaired) electrons. The monoisotopic (exact) mass is 266 g/mol. The second kappa shape index (κ2) is 4.70. The number of nitrogens with one attached hydrogen (secondary N) is 1. The first-order chi connectivity index (χ1) is 9.70. The molecule has 3 N–H and O–H groups in total. The summed E-state index contributed by atoms with van der Waals surface area (Å²) in [5, 5.41) is 7.26. The van der Waals surface area contributed by atoms with Crippen molar-refractivity contribution in [3.63, 3.8) is 0 Å². The van der Waals surface area contributed by atoms with Gasteiger partial charge in [0.05, 0.1) is 23.0 Å². The van der Waals surface area contributed by atoms with Gasteiger partial charge in [0.1, 0.15) is 0 Å². The van der Waals surface area contributed by atoms with E-state index in [0.717, 1.165) is 16.6 Å². The zero-order valence-electron chi connectivity index (χ0n) is 11.0. The van der Waals surface area contributed by atoms with Gasteiger partial charge < -0.3 is 11.1 Å². The first-order valence-corrected chi connectivity index (χ1v) is 6.25. The zero-order chi connectivity index (χ0) is 14.1. The second-order valence-electron chi connectivity index (χ2n) is 4.47. The topological polar surface area (TPSA) is 72.4 Å². The van der Waals surface area contributed by atoms with Gasteiger partial charge in [-0.15, -0.1) is 0 Å². The molecule has 0 unspecified atom stereocenters. The Hall–Kier alpha value is -2.82. The van der Waals surface area contributed by atoms with Gasteiger partial charge in [-0.3, -0.25) is 4.79 Å². The van der Waals surface area contributed by atoms with Crippen molar-refractivity contribution >= 4 is 17.1 Å². The number of primary amides is 1. The van der Waals surface area contributed by atoms with Crippen LogP contribution in [-0.2, 0) is 0 Å². The predicted molar refractivity (Wildman–Crippen MR) is 78.7 cm³/mol. The summed E-state index contributed by atoms with van der Waals surface area (Å²) in [6, 6.07) is 12.0. The summed E-state index contributed by atoms with van der Waals surface area (Å²) in [7, 11) is 1.76. The molecule has 0 bridgehead atoms. The van der Waals surface area contributed by atoms with Crippen molar-refractivity contribution in [2.75, 3.05) is 12.4 Å². The van der Waals surface area contributed by atoms with Gasteiger partial charge in [-0.25, -0.2) is 4.52 Å². The molecule has 3 rings (SSSR count). The van der Waals surface area contributed by atoms with Gasteiger partial charge in [-0.1, -0.05) is 30.3 Å². The Morgan fingerprint density at radius 3 is 2.65 bits per heavy atom. The maximum absolute atomic E-state index is 11.4. The van der Waals surface area contributed by atoms with Crippen LogP contribution in [-0.4, -0.2) is 22.6 Å². The fourth-order valence-corrected chi connectivity index (χ4v) is 2.29. The molecule has 100 valence electrons. The van der Waals surface area contributed by atoms with E-state index in [9.17, 15) is 4.79 Å². The molecule has 0 saturated heterocycles. The van der Waals surface area contributed by atoms with Gasteiger partial charge in [-0.05, 0) is 11.6 Å². The van der Waals surface area contributed by atoms with Crippen LogP contribution in [0.15, 0.2) is 48.8 Å². The highest BCUT2D eigenvalue weighted by atomic mass is 16.1. The number of amides is 1. The summed E-state index contributed by atoms with van der Waals surface area (Å²) in [6.45, 7) is 0. The van der Waals surface area contributed by atoms with Crippen LogP contribution in [0.1, 0.15) is 10.4 Å². The van der Waals surface area contributed by atoms with Gasteiger partial charge in [0, 0.05) is 18.8 Å². The Kier molecular flexibility index (Phi) is 2.87. The van der Waals surface area contributed by atoms with E-state index in [1.165, 1.54) is 6.20 Å². The number of anilines is 1. The van der Waals surface area contributed by atoms with E-state index < -0.39 is 5.91 Å². The fourth-order valence-electron chi connectivity index (χ4n) is 2.29. The Balaban J connectivity index is 2.23. The standard InChI is InChI=1S/C15H14N4O/c1-17-14-12(15(16)20)8-18-19-9-11(7-13(14)19)10-5-3-2-4-6-10/h2-9,17H,1H3,(H2,16,20). The van der Waals surface area contributed by atoms with Crippen molar-refractivity contribution in [3.05, 3.63) is 54.4 Å². The number of benzene rings is 1. The van der Waals surface area contributed by atoms with Crippen molar-refractivity contribution in [1.82, 2.24) is 9.61 Å². The third-order valence-corrected chi connectivity index (χ3v) is 3.26. The highest BCUT2D eigenvalue weighted by Gasteiger charge is 2.13. The number of aromatic nitrogens is 2. The molecule has 1 amide bonds. The first-order valence-electron chi connectivity index (χ1n) is 6.25. The van der Waals surface area contributed by atoms with Gasteiger partial charge in [0.15, 0.2) is 0 Å². The van der Waals surface area contributed by atoms with Gasteiger partial charge in [0.2, 0.25) is 0 Å². The van der Waals surface area contributed by atoms with Crippen molar-refractivity contribution in [1.29, 1.82) is 0 Å². The van der Waals surface area contributed by atoms with Gasteiger partial charge in [0.25, 0.3) is 5.91 Å². The molecular weight excluding hydrogens is 252 g/mol. The van der Waals surface area contributed by atoms with E-state index in [1.54, 1.807) is 11.6 Å². The molecule has 0 fully saturated rings. The lowest BCUT2D eigenvalue weighted by Crippen LogP contribution is -2.15. The summed E-state index contributed by atoms with van der Waals surface area (Å²) >= 11 is 0. The number of nitrogens with two attached hydrogens (primary N) is 1. The van der Waals surface area contributed by atoms with Crippen LogP contribution in [0.25, 0.3) is 16.6 Å². The molecule has 0 aliphatic rings. The minimum absolute atomic E-state index is 0.387. The highest BCUT2D eigenvalue weighted by molar-refractivity contribution is 6.02. The molecule has 1 aromatic carbocycles. The molecule has 0 aliphatic heterocycles. The Morgan fingerprint density at radius 1 is 1.25 bits per heavy atom. The molecule has 0 atom stereocenters. The van der Waals surface area contributed by atoms with Crippen molar-refractivity contribution in [2.45, 2.75) is 0 Å². The maximum atomic E-state index is 11.4. The summed E-state index contributed by atoms with van der Waals surface area (Å²) < 4.78 is 1.74. The number of fused-ring (bicyclic) bond motifs is 1. The largest absolute Gasteiger partial charge is 0.386 e. The number of hydrogen-bond donors (Lipinski definition) is 2. The van der Waals surface area contributed by atoms with E-state index in [0.29, 0.717) is 11.3 Å². The van der Waals surface area contributed by atoms with Crippen molar-refractivity contribution in [3.8, 4) is 11.1 Å². The average Bonchev–Trinajstić information content (AvgIpc) is 2.91. The molecular formula is C15H14N4O. The molecule has 3 aromatic rings. The minimum Gasteiger partial charge on any atom is -0.386 e. The predicted octanol–water partition coefficient (Wildman–Crippen LogP) is 2.14. The van der Waals surface area contributed by atoms with E-state index in [2.05, 4.69) is 10.4 Å². The average molecular weight is 266 g/mol. The lowest BCUT2D eigenvalue weighted by Gasteiger charge is -2.07. The second-order valence-corrected chi connectivity index (χ2v) is 4.47. The smallest absolute Gasteiger partial charge is 0.252 e. The van der Waals surface area contributed by atoms with Crippen molar-refractivity contribution < 1.29 is 4.79 Å². The lowest BCUT2D eigenvalue weighted by molar-refractivity contribution is 0.100. The number of rotatable bonds is 3. The van der Waals surface area contributed by atoms with Crippen LogP contribution < -0.4 is 11.1 Å². The van der Waals surface area contributed by atoms with E-state index in [4.69, 9.17) is 5.73 Å². The molecule has 0 saturated carbocycles.